The number of ether oxygens (including phenoxy) is 1. The first-order chi connectivity index (χ1) is 12.2. The van der Waals surface area contributed by atoms with Crippen molar-refractivity contribution in [1.29, 1.82) is 0 Å². The van der Waals surface area contributed by atoms with Crippen LogP contribution in [0, 0.1) is 0 Å². The van der Waals surface area contributed by atoms with Crippen LogP contribution in [-0.4, -0.2) is 42.2 Å². The Labute approximate surface area is 144 Å². The van der Waals surface area contributed by atoms with Gasteiger partial charge in [0.05, 0.1) is 30.5 Å². The van der Waals surface area contributed by atoms with E-state index >= 15 is 0 Å². The van der Waals surface area contributed by atoms with Gasteiger partial charge in [-0.3, -0.25) is 14.5 Å². The van der Waals surface area contributed by atoms with Gasteiger partial charge in [0, 0.05) is 12.0 Å². The van der Waals surface area contributed by atoms with E-state index in [0.29, 0.717) is 23.3 Å². The molecular formula is C19H16N2O4. The number of carbonyl (C=O) groups is 2. The van der Waals surface area contributed by atoms with Crippen LogP contribution in [0.4, 0.5) is 0 Å². The van der Waals surface area contributed by atoms with E-state index in [4.69, 9.17) is 9.57 Å². The lowest BCUT2D eigenvalue weighted by molar-refractivity contribution is 0.0399. The Balaban J connectivity index is 1.48. The highest BCUT2D eigenvalue weighted by atomic mass is 16.6. The van der Waals surface area contributed by atoms with Gasteiger partial charge < -0.3 is 9.57 Å². The van der Waals surface area contributed by atoms with Crippen molar-refractivity contribution in [2.45, 2.75) is 12.5 Å². The van der Waals surface area contributed by atoms with E-state index in [-0.39, 0.29) is 24.5 Å². The zero-order valence-corrected chi connectivity index (χ0v) is 13.6. The number of oxime groups is 1. The summed E-state index contributed by atoms with van der Waals surface area (Å²) in [5.74, 6) is 0.149. The van der Waals surface area contributed by atoms with Crippen molar-refractivity contribution in [3.05, 3.63) is 65.2 Å². The summed E-state index contributed by atoms with van der Waals surface area (Å²) in [5, 5.41) is 4.12. The molecule has 2 amide bonds. The van der Waals surface area contributed by atoms with E-state index < -0.39 is 0 Å². The molecule has 0 fully saturated rings. The van der Waals surface area contributed by atoms with E-state index in [2.05, 4.69) is 5.16 Å². The molecule has 0 N–H and O–H groups in total. The number of rotatable bonds is 4. The van der Waals surface area contributed by atoms with Crippen LogP contribution in [0.15, 0.2) is 53.7 Å². The number of amides is 2. The highest BCUT2D eigenvalue weighted by molar-refractivity contribution is 6.21. The quantitative estimate of drug-likeness (QED) is 0.805. The maximum Gasteiger partial charge on any atom is 0.261 e. The van der Waals surface area contributed by atoms with Gasteiger partial charge in [0.15, 0.2) is 6.10 Å². The monoisotopic (exact) mass is 336 g/mol. The molecule has 0 saturated heterocycles. The molecule has 2 aliphatic rings. The minimum absolute atomic E-state index is 0.175. The Morgan fingerprint density at radius 3 is 2.28 bits per heavy atom. The Kier molecular flexibility index (Phi) is 3.72. The number of hydrogen-bond donors (Lipinski definition) is 0. The summed E-state index contributed by atoms with van der Waals surface area (Å²) in [6.45, 7) is 0.175. The average molecular weight is 336 g/mol. The molecule has 1 atom stereocenters. The van der Waals surface area contributed by atoms with Crippen LogP contribution in [0.25, 0.3) is 0 Å². The number of fused-ring (bicyclic) bond motifs is 1. The predicted octanol–water partition coefficient (Wildman–Crippen LogP) is 2.48. The first kappa shape index (κ1) is 15.4. The molecule has 0 bridgehead atoms. The van der Waals surface area contributed by atoms with Crippen LogP contribution in [0.3, 0.4) is 0 Å². The second-order valence-electron chi connectivity index (χ2n) is 5.94. The van der Waals surface area contributed by atoms with Gasteiger partial charge in [-0.2, -0.15) is 0 Å². The first-order valence-corrected chi connectivity index (χ1v) is 8.00. The summed E-state index contributed by atoms with van der Waals surface area (Å²) in [7, 11) is 1.60. The van der Waals surface area contributed by atoms with Gasteiger partial charge in [-0.1, -0.05) is 29.4 Å². The lowest BCUT2D eigenvalue weighted by Gasteiger charge is -2.17. The van der Waals surface area contributed by atoms with Crippen LogP contribution in [0.2, 0.25) is 0 Å². The van der Waals surface area contributed by atoms with Crippen LogP contribution in [0.1, 0.15) is 32.7 Å². The predicted molar refractivity (Wildman–Crippen MR) is 90.8 cm³/mol. The molecule has 0 spiro atoms. The van der Waals surface area contributed by atoms with Gasteiger partial charge >= 0.3 is 0 Å². The zero-order chi connectivity index (χ0) is 17.4. The first-order valence-electron chi connectivity index (χ1n) is 8.00. The topological polar surface area (TPSA) is 68.2 Å². The maximum absolute atomic E-state index is 12.4. The second-order valence-corrected chi connectivity index (χ2v) is 5.94. The Morgan fingerprint density at radius 1 is 1.04 bits per heavy atom. The fourth-order valence-electron chi connectivity index (χ4n) is 3.18. The minimum atomic E-state index is -0.359. The molecule has 6 nitrogen and oxygen atoms in total. The third kappa shape index (κ3) is 2.55. The number of methoxy groups -OCH3 is 1. The molecule has 25 heavy (non-hydrogen) atoms. The summed E-state index contributed by atoms with van der Waals surface area (Å²) in [5.41, 5.74) is 2.49. The van der Waals surface area contributed by atoms with Crippen LogP contribution in [0.5, 0.6) is 5.75 Å². The SMILES string of the molecule is COc1ccccc1C1=NO[C@@H](CN2C(=O)c3ccccc3C2=O)C1. The normalized spacial score (nSPS) is 18.8. The van der Waals surface area contributed by atoms with E-state index in [0.717, 1.165) is 11.3 Å². The molecule has 4 rings (SSSR count). The smallest absolute Gasteiger partial charge is 0.261 e. The summed E-state index contributed by atoms with van der Waals surface area (Å²) in [6.07, 6.45) is 0.149. The lowest BCUT2D eigenvalue weighted by atomic mass is 10.0. The standard InChI is InChI=1S/C19H16N2O4/c1-24-17-9-5-4-8-15(17)16-10-12(25-20-16)11-21-18(22)13-6-2-3-7-14(13)19(21)23/h2-9,12H,10-11H2,1H3/t12-/m1/s1. The van der Waals surface area contributed by atoms with Gasteiger partial charge in [0.25, 0.3) is 11.8 Å². The third-order valence-electron chi connectivity index (χ3n) is 4.42. The van der Waals surface area contributed by atoms with Crippen molar-refractivity contribution in [2.75, 3.05) is 13.7 Å². The fourth-order valence-corrected chi connectivity index (χ4v) is 3.18. The van der Waals surface area contributed by atoms with Crippen LogP contribution in [-0.2, 0) is 4.84 Å². The van der Waals surface area contributed by atoms with Crippen molar-refractivity contribution >= 4 is 17.5 Å². The molecular weight excluding hydrogens is 320 g/mol. The summed E-state index contributed by atoms with van der Waals surface area (Å²) in [6, 6.07) is 14.4. The molecule has 0 unspecified atom stereocenters. The highest BCUT2D eigenvalue weighted by Crippen LogP contribution is 2.27. The summed E-state index contributed by atoms with van der Waals surface area (Å²) < 4.78 is 5.35. The third-order valence-corrected chi connectivity index (χ3v) is 4.42. The van der Waals surface area contributed by atoms with Crippen LogP contribution < -0.4 is 4.74 Å². The number of hydrogen-bond acceptors (Lipinski definition) is 5. The van der Waals surface area contributed by atoms with E-state index in [9.17, 15) is 9.59 Å². The average Bonchev–Trinajstić information content (AvgIpc) is 3.21. The lowest BCUT2D eigenvalue weighted by Crippen LogP contribution is -2.37. The zero-order valence-electron chi connectivity index (χ0n) is 13.6. The van der Waals surface area contributed by atoms with Crippen LogP contribution >= 0.6 is 0 Å². The van der Waals surface area contributed by atoms with Gasteiger partial charge in [0.1, 0.15) is 5.75 Å². The molecule has 2 aromatic rings. The van der Waals surface area contributed by atoms with Gasteiger partial charge in [-0.25, -0.2) is 0 Å². The van der Waals surface area contributed by atoms with Crippen molar-refractivity contribution in [1.82, 2.24) is 4.90 Å². The molecule has 0 aromatic heterocycles. The number of para-hydroxylation sites is 1. The Bertz CT molecular complexity index is 855. The molecule has 2 heterocycles. The minimum Gasteiger partial charge on any atom is -0.496 e. The fraction of sp³-hybridized carbons (Fsp3) is 0.211. The molecule has 6 heteroatoms. The van der Waals surface area contributed by atoms with Crippen molar-refractivity contribution in [3.8, 4) is 5.75 Å². The van der Waals surface area contributed by atoms with E-state index in [1.165, 1.54) is 4.90 Å². The molecule has 0 saturated carbocycles. The van der Waals surface area contributed by atoms with Gasteiger partial charge in [-0.15, -0.1) is 0 Å². The van der Waals surface area contributed by atoms with Crippen molar-refractivity contribution in [2.24, 2.45) is 5.16 Å². The number of nitrogens with zero attached hydrogens (tertiary/aromatic N) is 2. The Hall–Kier alpha value is -3.15. The van der Waals surface area contributed by atoms with Gasteiger partial charge in [-0.05, 0) is 24.3 Å². The molecule has 0 radical (unpaired) electrons. The van der Waals surface area contributed by atoms with E-state index in [1.807, 2.05) is 24.3 Å². The maximum atomic E-state index is 12.4. The molecule has 0 aliphatic carbocycles. The van der Waals surface area contributed by atoms with E-state index in [1.54, 1.807) is 31.4 Å². The summed E-state index contributed by atoms with van der Waals surface area (Å²) in [4.78, 5) is 31.6. The molecule has 2 aliphatic heterocycles. The summed E-state index contributed by atoms with van der Waals surface area (Å²) >= 11 is 0. The van der Waals surface area contributed by atoms with Crippen molar-refractivity contribution < 1.29 is 19.2 Å². The number of carbonyl (C=O) groups excluding carboxylic acids is 2. The number of imide groups is 1. The molecule has 2 aromatic carbocycles. The number of benzene rings is 2. The highest BCUT2D eigenvalue weighted by Gasteiger charge is 2.38. The molecule has 126 valence electrons. The second kappa shape index (κ2) is 6.05. The van der Waals surface area contributed by atoms with Gasteiger partial charge in [0.2, 0.25) is 0 Å². The Morgan fingerprint density at radius 2 is 1.64 bits per heavy atom. The largest absolute Gasteiger partial charge is 0.496 e. The van der Waals surface area contributed by atoms with Crippen molar-refractivity contribution in [3.63, 3.8) is 0 Å².